The number of hydrogen-bond donors (Lipinski definition) is 4. The maximum absolute atomic E-state index is 12.2. The molecule has 1 atom stereocenters. The molecule has 1 aromatic carbocycles. The van der Waals surface area contributed by atoms with Crippen molar-refractivity contribution >= 4 is 35.6 Å². The van der Waals surface area contributed by atoms with Crippen molar-refractivity contribution in [2.75, 3.05) is 25.4 Å². The Hall–Kier alpha value is -2.43. The molecule has 1 aliphatic heterocycles. The topological polar surface area (TPSA) is 136 Å². The van der Waals surface area contributed by atoms with Crippen LogP contribution >= 0.6 is 11.9 Å². The van der Waals surface area contributed by atoms with Gasteiger partial charge in [-0.1, -0.05) is 26.0 Å². The Labute approximate surface area is 173 Å². The molecule has 9 nitrogen and oxygen atoms in total. The van der Waals surface area contributed by atoms with Crippen LogP contribution in [-0.4, -0.2) is 69.7 Å². The molecular formula is C19H25N3O6S. The van der Waals surface area contributed by atoms with Crippen molar-refractivity contribution in [2.24, 2.45) is 5.41 Å². The Morgan fingerprint density at radius 2 is 1.69 bits per heavy atom. The first-order chi connectivity index (χ1) is 13.7. The molecule has 0 aromatic heterocycles. The van der Waals surface area contributed by atoms with Crippen molar-refractivity contribution in [3.8, 4) is 0 Å². The molecular weight excluding hydrogens is 398 g/mol. The lowest BCUT2D eigenvalue weighted by atomic mass is 9.87. The van der Waals surface area contributed by atoms with Gasteiger partial charge in [-0.3, -0.25) is 19.2 Å². The lowest BCUT2D eigenvalue weighted by Crippen LogP contribution is -2.46. The number of aliphatic hydroxyl groups is 2. The number of nitrogens with one attached hydrogen (secondary N) is 2. The van der Waals surface area contributed by atoms with E-state index in [1.165, 1.54) is 0 Å². The summed E-state index contributed by atoms with van der Waals surface area (Å²) in [5.41, 5.74) is -0.235. The first-order valence-corrected chi connectivity index (χ1v) is 10.1. The summed E-state index contributed by atoms with van der Waals surface area (Å²) >= 11 is 1.03. The van der Waals surface area contributed by atoms with E-state index in [4.69, 9.17) is 5.11 Å². The van der Waals surface area contributed by atoms with Gasteiger partial charge in [0, 0.05) is 30.7 Å². The Morgan fingerprint density at radius 1 is 1.10 bits per heavy atom. The highest BCUT2D eigenvalue weighted by atomic mass is 32.2. The summed E-state index contributed by atoms with van der Waals surface area (Å²) in [7, 11) is 0. The molecule has 0 radical (unpaired) electrons. The number of nitrogens with zero attached hydrogens (tertiary/aromatic N) is 1. The average Bonchev–Trinajstić information content (AvgIpc) is 2.95. The third kappa shape index (κ3) is 5.55. The number of carbonyl (C=O) groups is 4. The summed E-state index contributed by atoms with van der Waals surface area (Å²) < 4.78 is 1.08. The van der Waals surface area contributed by atoms with Gasteiger partial charge in [-0.15, -0.1) is 0 Å². The highest BCUT2D eigenvalue weighted by Gasteiger charge is 2.35. The maximum Gasteiger partial charge on any atom is 0.271 e. The van der Waals surface area contributed by atoms with Crippen LogP contribution < -0.4 is 10.6 Å². The van der Waals surface area contributed by atoms with Gasteiger partial charge in [0.05, 0.1) is 17.7 Å². The summed E-state index contributed by atoms with van der Waals surface area (Å²) in [6.45, 7) is 3.03. The number of benzene rings is 1. The molecule has 0 fully saturated rings. The minimum Gasteiger partial charge on any atom is -0.396 e. The van der Waals surface area contributed by atoms with Crippen molar-refractivity contribution in [1.29, 1.82) is 0 Å². The van der Waals surface area contributed by atoms with E-state index in [1.807, 2.05) is 0 Å². The minimum absolute atomic E-state index is 0.00962. The summed E-state index contributed by atoms with van der Waals surface area (Å²) in [6.07, 6.45) is -1.37. The molecule has 10 heteroatoms. The summed E-state index contributed by atoms with van der Waals surface area (Å²) in [4.78, 5) is 48.1. The lowest BCUT2D eigenvalue weighted by Gasteiger charge is -2.27. The van der Waals surface area contributed by atoms with E-state index in [9.17, 15) is 24.3 Å². The molecule has 1 aliphatic rings. The van der Waals surface area contributed by atoms with Crippen LogP contribution in [0.5, 0.6) is 0 Å². The number of carbonyl (C=O) groups excluding carboxylic acids is 4. The minimum atomic E-state index is -1.38. The molecule has 0 bridgehead atoms. The van der Waals surface area contributed by atoms with Crippen LogP contribution in [0.25, 0.3) is 0 Å². The number of hydrogen-bond acceptors (Lipinski definition) is 7. The Balaban J connectivity index is 1.65. The van der Waals surface area contributed by atoms with E-state index in [0.717, 1.165) is 16.3 Å². The molecule has 2 rings (SSSR count). The molecule has 0 saturated carbocycles. The normalized spacial score (nSPS) is 14.6. The van der Waals surface area contributed by atoms with Gasteiger partial charge in [0.25, 0.3) is 11.8 Å². The van der Waals surface area contributed by atoms with Crippen LogP contribution in [-0.2, 0) is 9.59 Å². The van der Waals surface area contributed by atoms with Gasteiger partial charge in [0.1, 0.15) is 6.10 Å². The standard InChI is InChI=1S/C19H25N3O6S/c1-19(2,11-23)15(25)16(26)21-8-7-14(24)20-9-10-29-22-17(27)12-5-3-4-6-13(12)18(22)28/h3-6,15,23,25H,7-11H2,1-2H3,(H,20,24)(H,21,26). The van der Waals surface area contributed by atoms with Crippen molar-refractivity contribution in [2.45, 2.75) is 26.4 Å². The Morgan fingerprint density at radius 3 is 2.24 bits per heavy atom. The second-order valence-electron chi connectivity index (χ2n) is 7.22. The molecule has 4 N–H and O–H groups in total. The van der Waals surface area contributed by atoms with E-state index in [1.54, 1.807) is 38.1 Å². The third-order valence-corrected chi connectivity index (χ3v) is 5.43. The maximum atomic E-state index is 12.2. The fourth-order valence-corrected chi connectivity index (χ4v) is 3.34. The second-order valence-corrected chi connectivity index (χ2v) is 8.26. The van der Waals surface area contributed by atoms with Crippen molar-refractivity contribution in [3.05, 3.63) is 35.4 Å². The van der Waals surface area contributed by atoms with Crippen molar-refractivity contribution < 1.29 is 29.4 Å². The summed E-state index contributed by atoms with van der Waals surface area (Å²) in [5.74, 6) is -1.38. The molecule has 1 aromatic rings. The van der Waals surface area contributed by atoms with Crippen molar-refractivity contribution in [1.82, 2.24) is 14.9 Å². The van der Waals surface area contributed by atoms with Crippen LogP contribution in [0.1, 0.15) is 41.0 Å². The number of fused-ring (bicyclic) bond motifs is 1. The predicted octanol–water partition coefficient (Wildman–Crippen LogP) is -0.0673. The lowest BCUT2D eigenvalue weighted by molar-refractivity contribution is -0.137. The van der Waals surface area contributed by atoms with E-state index in [-0.39, 0.29) is 43.8 Å². The van der Waals surface area contributed by atoms with Gasteiger partial charge in [-0.2, -0.15) is 0 Å². The molecule has 1 unspecified atom stereocenters. The van der Waals surface area contributed by atoms with Crippen LogP contribution in [0.3, 0.4) is 0 Å². The van der Waals surface area contributed by atoms with E-state index >= 15 is 0 Å². The van der Waals surface area contributed by atoms with Crippen molar-refractivity contribution in [3.63, 3.8) is 0 Å². The van der Waals surface area contributed by atoms with E-state index in [0.29, 0.717) is 16.9 Å². The van der Waals surface area contributed by atoms with Gasteiger partial charge in [0.15, 0.2) is 0 Å². The number of rotatable bonds is 10. The molecule has 0 saturated heterocycles. The van der Waals surface area contributed by atoms with Crippen LogP contribution in [0, 0.1) is 5.41 Å². The second kappa shape index (κ2) is 9.86. The highest BCUT2D eigenvalue weighted by molar-refractivity contribution is 7.98. The SMILES string of the molecule is CC(C)(CO)C(O)C(=O)NCCC(=O)NCCSN1C(=O)c2ccccc2C1=O. The molecule has 0 aliphatic carbocycles. The van der Waals surface area contributed by atoms with E-state index in [2.05, 4.69) is 10.6 Å². The zero-order chi connectivity index (χ0) is 21.6. The number of amides is 4. The van der Waals surface area contributed by atoms with Crippen LogP contribution in [0.15, 0.2) is 24.3 Å². The molecule has 1 heterocycles. The fraction of sp³-hybridized carbons (Fsp3) is 0.474. The first-order valence-electron chi connectivity index (χ1n) is 9.13. The van der Waals surface area contributed by atoms with Gasteiger partial charge >= 0.3 is 0 Å². The molecule has 29 heavy (non-hydrogen) atoms. The Kier molecular flexibility index (Phi) is 7.77. The third-order valence-electron chi connectivity index (χ3n) is 4.45. The zero-order valence-electron chi connectivity index (χ0n) is 16.3. The smallest absolute Gasteiger partial charge is 0.271 e. The van der Waals surface area contributed by atoms with Gasteiger partial charge < -0.3 is 20.8 Å². The number of imide groups is 1. The quantitative estimate of drug-likeness (QED) is 0.235. The molecule has 158 valence electrons. The van der Waals surface area contributed by atoms with Crippen LogP contribution in [0.2, 0.25) is 0 Å². The summed E-state index contributed by atoms with van der Waals surface area (Å²) in [5, 5.41) is 24.1. The Bertz CT molecular complexity index is 763. The monoisotopic (exact) mass is 423 g/mol. The first kappa shape index (κ1) is 22.9. The fourth-order valence-electron chi connectivity index (χ4n) is 2.54. The summed E-state index contributed by atoms with van der Waals surface area (Å²) in [6, 6.07) is 6.59. The van der Waals surface area contributed by atoms with Crippen LogP contribution in [0.4, 0.5) is 0 Å². The van der Waals surface area contributed by atoms with Gasteiger partial charge in [-0.25, -0.2) is 4.31 Å². The zero-order valence-corrected chi connectivity index (χ0v) is 17.1. The predicted molar refractivity (Wildman–Crippen MR) is 107 cm³/mol. The highest BCUT2D eigenvalue weighted by Crippen LogP contribution is 2.27. The molecule has 0 spiro atoms. The van der Waals surface area contributed by atoms with Gasteiger partial charge in [-0.05, 0) is 24.1 Å². The average molecular weight is 423 g/mol. The number of aliphatic hydroxyl groups excluding tert-OH is 2. The molecule has 4 amide bonds. The van der Waals surface area contributed by atoms with E-state index < -0.39 is 17.4 Å². The largest absolute Gasteiger partial charge is 0.396 e. The van der Waals surface area contributed by atoms with Gasteiger partial charge in [0.2, 0.25) is 11.8 Å².